The van der Waals surface area contributed by atoms with Gasteiger partial charge in [-0.25, -0.2) is 15.8 Å². The first kappa shape index (κ1) is 15.9. The first-order chi connectivity index (χ1) is 9.99. The van der Waals surface area contributed by atoms with Crippen molar-refractivity contribution in [2.45, 2.75) is 26.2 Å². The number of hydrazine groups is 1. The number of ether oxygens (including phenoxy) is 1. The lowest BCUT2D eigenvalue weighted by Crippen LogP contribution is -2.39. The fourth-order valence-electron chi connectivity index (χ4n) is 2.11. The predicted octanol–water partition coefficient (Wildman–Crippen LogP) is 0.804. The molecule has 1 aromatic rings. The number of rotatable bonds is 5. The van der Waals surface area contributed by atoms with E-state index in [1.54, 1.807) is 0 Å². The van der Waals surface area contributed by atoms with Crippen LogP contribution in [0.2, 0.25) is 0 Å². The normalized spacial score (nSPS) is 16.8. The number of nitrogens with one attached hydrogen (secondary N) is 2. The van der Waals surface area contributed by atoms with Crippen LogP contribution in [-0.2, 0) is 10.2 Å². The number of hydrogen-bond donors (Lipinski definition) is 3. The van der Waals surface area contributed by atoms with Gasteiger partial charge in [-0.1, -0.05) is 20.8 Å². The first-order valence-electron chi connectivity index (χ1n) is 7.39. The number of aromatic nitrogens is 2. The molecule has 2 heterocycles. The Morgan fingerprint density at radius 3 is 2.52 bits per heavy atom. The van der Waals surface area contributed by atoms with E-state index in [0.29, 0.717) is 5.82 Å². The highest BCUT2D eigenvalue weighted by atomic mass is 16.5. The highest BCUT2D eigenvalue weighted by molar-refractivity contribution is 5.47. The molecule has 1 saturated heterocycles. The summed E-state index contributed by atoms with van der Waals surface area (Å²) in [5.74, 6) is 7.69. The Kier molecular flexibility index (Phi) is 5.33. The Labute approximate surface area is 126 Å². The molecule has 21 heavy (non-hydrogen) atoms. The largest absolute Gasteiger partial charge is 0.379 e. The number of nitrogens with zero attached hydrogens (tertiary/aromatic N) is 3. The van der Waals surface area contributed by atoms with E-state index in [-0.39, 0.29) is 5.41 Å². The van der Waals surface area contributed by atoms with Crippen molar-refractivity contribution in [2.75, 3.05) is 50.1 Å². The SMILES string of the molecule is CC(C)(C)c1nc(NN)cc(NCCN2CCOCC2)n1. The van der Waals surface area contributed by atoms with Crippen LogP contribution in [0, 0.1) is 0 Å². The minimum absolute atomic E-state index is 0.118. The summed E-state index contributed by atoms with van der Waals surface area (Å²) in [7, 11) is 0. The van der Waals surface area contributed by atoms with E-state index in [2.05, 4.69) is 46.4 Å². The van der Waals surface area contributed by atoms with E-state index in [4.69, 9.17) is 10.6 Å². The highest BCUT2D eigenvalue weighted by Crippen LogP contribution is 2.21. The van der Waals surface area contributed by atoms with Crippen molar-refractivity contribution >= 4 is 11.6 Å². The zero-order chi connectivity index (χ0) is 15.3. The molecule has 0 amide bonds. The van der Waals surface area contributed by atoms with E-state index in [1.165, 1.54) is 0 Å². The van der Waals surface area contributed by atoms with E-state index in [0.717, 1.165) is 51.0 Å². The molecule has 0 aromatic carbocycles. The summed E-state index contributed by atoms with van der Waals surface area (Å²) < 4.78 is 5.34. The van der Waals surface area contributed by atoms with Crippen molar-refractivity contribution in [1.29, 1.82) is 0 Å². The lowest BCUT2D eigenvalue weighted by molar-refractivity contribution is 0.0398. The first-order valence-corrected chi connectivity index (χ1v) is 7.39. The predicted molar refractivity (Wildman–Crippen MR) is 84.3 cm³/mol. The monoisotopic (exact) mass is 294 g/mol. The summed E-state index contributed by atoms with van der Waals surface area (Å²) in [6.45, 7) is 11.7. The summed E-state index contributed by atoms with van der Waals surface area (Å²) in [4.78, 5) is 11.4. The molecule has 0 aliphatic carbocycles. The number of nitrogen functional groups attached to an aromatic ring is 1. The second-order valence-corrected chi connectivity index (χ2v) is 6.24. The van der Waals surface area contributed by atoms with Crippen molar-refractivity contribution in [3.8, 4) is 0 Å². The molecule has 1 aliphatic heterocycles. The minimum atomic E-state index is -0.118. The average molecular weight is 294 g/mol. The zero-order valence-electron chi connectivity index (χ0n) is 13.1. The van der Waals surface area contributed by atoms with Crippen LogP contribution in [0.1, 0.15) is 26.6 Å². The molecule has 4 N–H and O–H groups in total. The highest BCUT2D eigenvalue weighted by Gasteiger charge is 2.19. The molecule has 0 atom stereocenters. The maximum absolute atomic E-state index is 5.49. The molecule has 118 valence electrons. The summed E-state index contributed by atoms with van der Waals surface area (Å²) in [5, 5.41) is 3.35. The second-order valence-electron chi connectivity index (χ2n) is 6.24. The molecule has 2 rings (SSSR count). The number of hydrogen-bond acceptors (Lipinski definition) is 7. The van der Waals surface area contributed by atoms with Crippen LogP contribution < -0.4 is 16.6 Å². The van der Waals surface area contributed by atoms with Crippen LogP contribution in [0.25, 0.3) is 0 Å². The maximum Gasteiger partial charge on any atom is 0.145 e. The summed E-state index contributed by atoms with van der Waals surface area (Å²) >= 11 is 0. The standard InChI is InChI=1S/C14H26N6O/c1-14(2,3)13-17-11(10-12(18-13)19-15)16-4-5-20-6-8-21-9-7-20/h10H,4-9,15H2,1-3H3,(H2,16,17,18,19). The van der Waals surface area contributed by atoms with Gasteiger partial charge in [0.15, 0.2) is 0 Å². The molecule has 0 radical (unpaired) electrons. The Morgan fingerprint density at radius 2 is 1.90 bits per heavy atom. The smallest absolute Gasteiger partial charge is 0.145 e. The molecule has 0 bridgehead atoms. The van der Waals surface area contributed by atoms with Crippen LogP contribution in [0.5, 0.6) is 0 Å². The number of nitrogens with two attached hydrogens (primary N) is 1. The molecule has 0 saturated carbocycles. The van der Waals surface area contributed by atoms with Crippen LogP contribution >= 0.6 is 0 Å². The third-order valence-corrected chi connectivity index (χ3v) is 3.38. The van der Waals surface area contributed by atoms with Crippen molar-refractivity contribution < 1.29 is 4.74 Å². The van der Waals surface area contributed by atoms with Gasteiger partial charge in [0.25, 0.3) is 0 Å². The maximum atomic E-state index is 5.49. The van der Waals surface area contributed by atoms with Crippen molar-refractivity contribution in [1.82, 2.24) is 14.9 Å². The van der Waals surface area contributed by atoms with E-state index < -0.39 is 0 Å². The Morgan fingerprint density at radius 1 is 1.24 bits per heavy atom. The number of morpholine rings is 1. The van der Waals surface area contributed by atoms with Gasteiger partial charge in [-0.05, 0) is 0 Å². The Hall–Kier alpha value is -1.44. The Bertz CT molecular complexity index is 453. The molecule has 1 aromatic heterocycles. The Balaban J connectivity index is 1.95. The molecule has 7 heteroatoms. The van der Waals surface area contributed by atoms with E-state index >= 15 is 0 Å². The number of anilines is 2. The summed E-state index contributed by atoms with van der Waals surface area (Å²) in [6, 6.07) is 1.83. The zero-order valence-corrected chi connectivity index (χ0v) is 13.1. The van der Waals surface area contributed by atoms with E-state index in [9.17, 15) is 0 Å². The van der Waals surface area contributed by atoms with Crippen LogP contribution in [0.15, 0.2) is 6.07 Å². The lowest BCUT2D eigenvalue weighted by Gasteiger charge is -2.26. The topological polar surface area (TPSA) is 88.3 Å². The molecule has 0 spiro atoms. The van der Waals surface area contributed by atoms with Gasteiger partial charge < -0.3 is 15.5 Å². The average Bonchev–Trinajstić information content (AvgIpc) is 2.47. The minimum Gasteiger partial charge on any atom is -0.379 e. The lowest BCUT2D eigenvalue weighted by atomic mass is 9.96. The fourth-order valence-corrected chi connectivity index (χ4v) is 2.11. The summed E-state index contributed by atoms with van der Waals surface area (Å²) in [5.41, 5.74) is 2.48. The van der Waals surface area contributed by atoms with Gasteiger partial charge in [0, 0.05) is 37.7 Å². The van der Waals surface area contributed by atoms with Gasteiger partial charge in [-0.2, -0.15) is 0 Å². The molecular weight excluding hydrogens is 268 g/mol. The van der Waals surface area contributed by atoms with Gasteiger partial charge in [0.05, 0.1) is 13.2 Å². The van der Waals surface area contributed by atoms with E-state index in [1.807, 2.05) is 6.07 Å². The molecule has 1 aliphatic rings. The van der Waals surface area contributed by atoms with Crippen LogP contribution in [0.3, 0.4) is 0 Å². The van der Waals surface area contributed by atoms with Gasteiger partial charge in [-0.3, -0.25) is 4.90 Å². The third kappa shape index (κ3) is 4.80. The van der Waals surface area contributed by atoms with Crippen molar-refractivity contribution in [3.05, 3.63) is 11.9 Å². The quantitative estimate of drug-likeness (QED) is 0.547. The summed E-state index contributed by atoms with van der Waals surface area (Å²) in [6.07, 6.45) is 0. The van der Waals surface area contributed by atoms with Gasteiger partial charge in [-0.15, -0.1) is 0 Å². The van der Waals surface area contributed by atoms with Gasteiger partial charge in [0.2, 0.25) is 0 Å². The van der Waals surface area contributed by atoms with Crippen LogP contribution in [0.4, 0.5) is 11.6 Å². The van der Waals surface area contributed by atoms with Crippen molar-refractivity contribution in [2.24, 2.45) is 5.84 Å². The second kappa shape index (κ2) is 7.02. The molecule has 0 unspecified atom stereocenters. The van der Waals surface area contributed by atoms with Crippen molar-refractivity contribution in [3.63, 3.8) is 0 Å². The molecule has 7 nitrogen and oxygen atoms in total. The van der Waals surface area contributed by atoms with Crippen LogP contribution in [-0.4, -0.2) is 54.3 Å². The third-order valence-electron chi connectivity index (χ3n) is 3.38. The molecule has 1 fully saturated rings. The van der Waals surface area contributed by atoms with Gasteiger partial charge >= 0.3 is 0 Å². The van der Waals surface area contributed by atoms with Gasteiger partial charge in [0.1, 0.15) is 17.5 Å². The molecular formula is C14H26N6O. The fraction of sp³-hybridized carbons (Fsp3) is 0.714.